The number of ether oxygens (including phenoxy) is 4. The van der Waals surface area contributed by atoms with Crippen molar-refractivity contribution in [1.82, 2.24) is 9.80 Å². The maximum Gasteiger partial charge on any atom is 0.420 e. The lowest BCUT2D eigenvalue weighted by molar-refractivity contribution is -0.167. The van der Waals surface area contributed by atoms with Gasteiger partial charge in [-0.3, -0.25) is 19.2 Å². The average molecular weight is 692 g/mol. The Morgan fingerprint density at radius 1 is 1.02 bits per heavy atom. The predicted molar refractivity (Wildman–Crippen MR) is 178 cm³/mol. The van der Waals surface area contributed by atoms with Gasteiger partial charge in [-0.25, -0.2) is 14.5 Å². The molecule has 0 spiro atoms. The molecule has 4 rings (SSSR count). The van der Waals surface area contributed by atoms with E-state index in [2.05, 4.69) is 5.32 Å². The Morgan fingerprint density at radius 3 is 2.24 bits per heavy atom. The van der Waals surface area contributed by atoms with Gasteiger partial charge < -0.3 is 34.1 Å². The number of nitriles is 1. The highest BCUT2D eigenvalue weighted by Crippen LogP contribution is 2.29. The summed E-state index contributed by atoms with van der Waals surface area (Å²) < 4.78 is 21.8. The first-order valence-corrected chi connectivity index (χ1v) is 15.8. The molecule has 1 N–H and O–H groups in total. The second-order valence-electron chi connectivity index (χ2n) is 13.8. The topological polar surface area (TPSA) is 185 Å². The van der Waals surface area contributed by atoms with Crippen molar-refractivity contribution in [3.05, 3.63) is 58.7 Å². The van der Waals surface area contributed by atoms with Crippen molar-refractivity contribution in [2.24, 2.45) is 0 Å². The van der Waals surface area contributed by atoms with Gasteiger partial charge in [0.25, 0.3) is 17.7 Å². The summed E-state index contributed by atoms with van der Waals surface area (Å²) in [5.41, 5.74) is 0.108. The van der Waals surface area contributed by atoms with E-state index in [0.29, 0.717) is 22.7 Å². The van der Waals surface area contributed by atoms with Gasteiger partial charge in [0.2, 0.25) is 6.10 Å². The molecule has 266 valence electrons. The Kier molecular flexibility index (Phi) is 10.9. The van der Waals surface area contributed by atoms with Crippen LogP contribution in [0.2, 0.25) is 0 Å². The summed E-state index contributed by atoms with van der Waals surface area (Å²) in [6.45, 7) is 10.9. The molecule has 2 atom stereocenters. The van der Waals surface area contributed by atoms with Crippen LogP contribution in [0.5, 0.6) is 0 Å². The highest BCUT2D eigenvalue weighted by Gasteiger charge is 2.43. The fraction of sp³-hybridized carbons (Fsp3) is 0.457. The number of nitrogens with zero attached hydrogens (tertiary/aromatic N) is 4. The van der Waals surface area contributed by atoms with Gasteiger partial charge >= 0.3 is 18.2 Å². The lowest BCUT2D eigenvalue weighted by Crippen LogP contribution is -2.56. The Hall–Kier alpha value is -5.49. The lowest BCUT2D eigenvalue weighted by Gasteiger charge is -2.35. The Bertz CT molecular complexity index is 1730. The summed E-state index contributed by atoms with van der Waals surface area (Å²) in [6, 6.07) is 11.2. The Balaban J connectivity index is 1.60. The third-order valence-corrected chi connectivity index (χ3v) is 7.39. The number of imide groups is 1. The minimum Gasteiger partial charge on any atom is -0.449 e. The fourth-order valence-corrected chi connectivity index (χ4v) is 5.25. The molecule has 2 aliphatic rings. The standard InChI is InChI=1S/C35H41N5O10/c1-20(41)48-27(28-31(44)39(13-14-47-28)25-12-10-22-18-38(8)30(43)26(22)16-25)29(42)37-24-11-9-21(17-36)23(15-24)19-40(32(45)49-34(2,3)4)33(46)50-35(5,6)7/h9-12,15-16,27-28H,13-14,18-19H2,1-8H3,(H,37,42). The maximum absolute atomic E-state index is 13.7. The molecule has 15 heteroatoms. The summed E-state index contributed by atoms with van der Waals surface area (Å²) in [5.74, 6) is -2.62. The molecule has 2 unspecified atom stereocenters. The molecule has 2 aromatic rings. The first-order chi connectivity index (χ1) is 23.3. The van der Waals surface area contributed by atoms with E-state index in [-0.39, 0.29) is 35.9 Å². The van der Waals surface area contributed by atoms with Crippen LogP contribution in [0.25, 0.3) is 0 Å². The van der Waals surface area contributed by atoms with Gasteiger partial charge in [-0.2, -0.15) is 5.26 Å². The zero-order chi connectivity index (χ0) is 37.1. The minimum absolute atomic E-state index is 0.00142. The third kappa shape index (κ3) is 8.94. The number of nitrogens with one attached hydrogen (secondary N) is 1. The van der Waals surface area contributed by atoms with E-state index in [1.165, 1.54) is 23.1 Å². The summed E-state index contributed by atoms with van der Waals surface area (Å²) in [6.07, 6.45) is -5.30. The fourth-order valence-electron chi connectivity index (χ4n) is 5.25. The van der Waals surface area contributed by atoms with E-state index < -0.39 is 59.9 Å². The van der Waals surface area contributed by atoms with Crippen LogP contribution in [-0.4, -0.2) is 89.3 Å². The quantitative estimate of drug-likeness (QED) is 0.325. The first-order valence-electron chi connectivity index (χ1n) is 15.8. The van der Waals surface area contributed by atoms with Gasteiger partial charge in [0.15, 0.2) is 6.10 Å². The van der Waals surface area contributed by atoms with Gasteiger partial charge in [-0.15, -0.1) is 0 Å². The van der Waals surface area contributed by atoms with Crippen molar-refractivity contribution < 1.29 is 47.7 Å². The molecule has 50 heavy (non-hydrogen) atoms. The monoisotopic (exact) mass is 691 g/mol. The number of hydrogen-bond donors (Lipinski definition) is 1. The number of benzene rings is 2. The zero-order valence-corrected chi connectivity index (χ0v) is 29.3. The number of morpholine rings is 1. The maximum atomic E-state index is 13.7. The number of rotatable bonds is 7. The Morgan fingerprint density at radius 2 is 1.66 bits per heavy atom. The van der Waals surface area contributed by atoms with E-state index in [9.17, 15) is 34.0 Å². The molecular formula is C35H41N5O10. The zero-order valence-electron chi connectivity index (χ0n) is 29.3. The average Bonchev–Trinajstić information content (AvgIpc) is 3.29. The number of amides is 5. The molecule has 0 aliphatic carbocycles. The molecule has 2 aliphatic heterocycles. The molecule has 15 nitrogen and oxygen atoms in total. The van der Waals surface area contributed by atoms with Gasteiger partial charge in [-0.05, 0) is 83.0 Å². The second-order valence-corrected chi connectivity index (χ2v) is 13.8. The van der Waals surface area contributed by atoms with Gasteiger partial charge in [0.05, 0.1) is 24.8 Å². The van der Waals surface area contributed by atoms with E-state index >= 15 is 0 Å². The molecular weight excluding hydrogens is 650 g/mol. The molecule has 1 fully saturated rings. The molecule has 0 saturated carbocycles. The van der Waals surface area contributed by atoms with Gasteiger partial charge in [0, 0.05) is 44.0 Å². The smallest absolute Gasteiger partial charge is 0.420 e. The van der Waals surface area contributed by atoms with Crippen molar-refractivity contribution in [2.75, 3.05) is 30.4 Å². The summed E-state index contributed by atoms with van der Waals surface area (Å²) in [5, 5.41) is 12.4. The molecule has 0 bridgehead atoms. The van der Waals surface area contributed by atoms with Crippen LogP contribution in [0.4, 0.5) is 21.0 Å². The number of esters is 1. The second kappa shape index (κ2) is 14.6. The van der Waals surface area contributed by atoms with Crippen molar-refractivity contribution in [3.63, 3.8) is 0 Å². The molecule has 0 radical (unpaired) electrons. The van der Waals surface area contributed by atoms with Crippen molar-refractivity contribution in [2.45, 2.75) is 85.0 Å². The lowest BCUT2D eigenvalue weighted by atomic mass is 10.0. The van der Waals surface area contributed by atoms with Crippen LogP contribution < -0.4 is 10.2 Å². The normalized spacial score (nSPS) is 16.6. The molecule has 5 amide bonds. The molecule has 2 aromatic carbocycles. The van der Waals surface area contributed by atoms with Crippen LogP contribution in [-0.2, 0) is 46.4 Å². The highest BCUT2D eigenvalue weighted by atomic mass is 16.6. The third-order valence-electron chi connectivity index (χ3n) is 7.39. The number of fused-ring (bicyclic) bond motifs is 1. The van der Waals surface area contributed by atoms with Crippen LogP contribution in [0.3, 0.4) is 0 Å². The van der Waals surface area contributed by atoms with Crippen LogP contribution in [0, 0.1) is 11.3 Å². The largest absolute Gasteiger partial charge is 0.449 e. The van der Waals surface area contributed by atoms with E-state index in [1.54, 1.807) is 71.7 Å². The predicted octanol–water partition coefficient (Wildman–Crippen LogP) is 4.12. The molecule has 2 heterocycles. The summed E-state index contributed by atoms with van der Waals surface area (Å²) in [7, 11) is 1.68. The van der Waals surface area contributed by atoms with Gasteiger partial charge in [-0.1, -0.05) is 6.07 Å². The number of anilines is 2. The highest BCUT2D eigenvalue weighted by molar-refractivity contribution is 6.06. The number of carbonyl (C=O) groups is 6. The summed E-state index contributed by atoms with van der Waals surface area (Å²) in [4.78, 5) is 82.0. The minimum atomic E-state index is -1.73. The number of hydrogen-bond acceptors (Lipinski definition) is 11. The van der Waals surface area contributed by atoms with Crippen LogP contribution >= 0.6 is 0 Å². The van der Waals surface area contributed by atoms with Crippen molar-refractivity contribution >= 4 is 47.3 Å². The van der Waals surface area contributed by atoms with Gasteiger partial charge in [0.1, 0.15) is 11.2 Å². The van der Waals surface area contributed by atoms with Crippen molar-refractivity contribution in [1.29, 1.82) is 5.26 Å². The van der Waals surface area contributed by atoms with E-state index in [0.717, 1.165) is 12.5 Å². The van der Waals surface area contributed by atoms with Crippen LogP contribution in [0.1, 0.15) is 75.5 Å². The SMILES string of the molecule is CC(=O)OC(C(=O)Nc1ccc(C#N)c(CN(C(=O)OC(C)(C)C)C(=O)OC(C)(C)C)c1)C1OCCN(c2ccc3c(c2)C(=O)N(C)C3)C1=O. The molecule has 1 saturated heterocycles. The Labute approximate surface area is 290 Å². The molecule has 0 aromatic heterocycles. The first kappa shape index (κ1) is 37.3. The number of carbonyl (C=O) groups excluding carboxylic acids is 6. The van der Waals surface area contributed by atoms with E-state index in [4.69, 9.17) is 18.9 Å². The van der Waals surface area contributed by atoms with Crippen LogP contribution in [0.15, 0.2) is 36.4 Å². The summed E-state index contributed by atoms with van der Waals surface area (Å²) >= 11 is 0. The van der Waals surface area contributed by atoms with Crippen molar-refractivity contribution in [3.8, 4) is 6.07 Å². The van der Waals surface area contributed by atoms with E-state index in [1.807, 2.05) is 6.07 Å².